The summed E-state index contributed by atoms with van der Waals surface area (Å²) in [5, 5.41) is 53.8. The van der Waals surface area contributed by atoms with E-state index in [-0.39, 0.29) is 88.0 Å². The maximum absolute atomic E-state index is 13.1. The van der Waals surface area contributed by atoms with Gasteiger partial charge in [0.05, 0.1) is 22.4 Å². The van der Waals surface area contributed by atoms with Gasteiger partial charge in [-0.05, 0) is 157 Å². The first-order valence-electron chi connectivity index (χ1n) is 33.8. The molecule has 4 N–H and O–H groups in total. The van der Waals surface area contributed by atoms with Crippen molar-refractivity contribution < 1.29 is 29.9 Å². The van der Waals surface area contributed by atoms with Gasteiger partial charge in [0.2, 0.25) is 0 Å². The molecule has 1 aliphatic carbocycles. The van der Waals surface area contributed by atoms with Crippen LogP contribution in [-0.4, -0.2) is 38.5 Å². The minimum Gasteiger partial charge on any atom is -0.507 e. The van der Waals surface area contributed by atoms with Crippen LogP contribution in [0.4, 0.5) is 0 Å². The Bertz CT molecular complexity index is 4580. The van der Waals surface area contributed by atoms with Gasteiger partial charge in [-0.25, -0.2) is 9.97 Å². The normalized spacial score (nSPS) is 14.4. The molecule has 3 heterocycles. The van der Waals surface area contributed by atoms with Crippen LogP contribution in [0.1, 0.15) is 242 Å². The predicted molar refractivity (Wildman–Crippen MR) is 390 cm³/mol. The van der Waals surface area contributed by atoms with Crippen LogP contribution in [0.15, 0.2) is 103 Å². The number of hydrogen-bond acceptors (Lipinski definition) is 8. The van der Waals surface area contributed by atoms with Crippen LogP contribution in [0, 0.1) is 11.5 Å². The van der Waals surface area contributed by atoms with E-state index in [9.17, 15) is 20.4 Å². The van der Waals surface area contributed by atoms with E-state index in [1.807, 2.05) is 0 Å². The highest BCUT2D eigenvalue weighted by Gasteiger charge is 2.31. The minimum absolute atomic E-state index is 0.128. The van der Waals surface area contributed by atoms with Crippen molar-refractivity contribution >= 4 is 29.9 Å². The van der Waals surface area contributed by atoms with Gasteiger partial charge in [0.1, 0.15) is 55.8 Å². The fourth-order valence-electron chi connectivity index (χ4n) is 13.1. The molecule has 0 saturated heterocycles. The lowest BCUT2D eigenvalue weighted by Crippen LogP contribution is -2.16. The van der Waals surface area contributed by atoms with Crippen LogP contribution >= 0.6 is 0 Å². The molecule has 490 valence electrons. The van der Waals surface area contributed by atoms with Gasteiger partial charge in [-0.15, -0.1) is 5.54 Å². The van der Waals surface area contributed by atoms with E-state index in [0.29, 0.717) is 64.1 Å². The first kappa shape index (κ1) is 67.4. The van der Waals surface area contributed by atoms with Gasteiger partial charge in [0.25, 0.3) is 0 Å². The van der Waals surface area contributed by atoms with Crippen molar-refractivity contribution in [3.8, 4) is 46.0 Å². The second kappa shape index (κ2) is 24.0. The Hall–Kier alpha value is -8.06. The van der Waals surface area contributed by atoms with Gasteiger partial charge in [-0.2, -0.15) is 0 Å². The zero-order valence-corrected chi connectivity index (χ0v) is 61.0. The van der Waals surface area contributed by atoms with Crippen LogP contribution < -0.4 is 9.47 Å². The Morgan fingerprint density at radius 3 is 0.883 bits per heavy atom. The molecule has 8 nitrogen and oxygen atoms in total. The minimum atomic E-state index is -1.78. The number of rotatable bonds is 0. The number of pyridine rings is 2. The maximum Gasteiger partial charge on any atom is 0.130 e. The summed E-state index contributed by atoms with van der Waals surface area (Å²) in [7, 11) is -1.78. The van der Waals surface area contributed by atoms with Gasteiger partial charge < -0.3 is 29.9 Å². The van der Waals surface area contributed by atoms with Crippen LogP contribution in [0.5, 0.6) is 34.5 Å². The highest BCUT2D eigenvalue weighted by Crippen LogP contribution is 2.46. The van der Waals surface area contributed by atoms with Crippen molar-refractivity contribution in [2.45, 2.75) is 228 Å². The van der Waals surface area contributed by atoms with E-state index in [2.05, 4.69) is 259 Å². The van der Waals surface area contributed by atoms with Crippen molar-refractivity contribution in [1.29, 1.82) is 0 Å². The molecule has 1 aliphatic heterocycles. The lowest BCUT2D eigenvalue weighted by atomic mass is 9.79. The predicted octanol–water partition coefficient (Wildman–Crippen LogP) is 19.9. The molecule has 0 unspecified atom stereocenters. The topological polar surface area (TPSA) is 125 Å². The number of benzene rings is 7. The molecule has 11 rings (SSSR count). The number of hydrogen-bond donors (Lipinski definition) is 4. The summed E-state index contributed by atoms with van der Waals surface area (Å²) in [6.45, 7) is 46.9. The van der Waals surface area contributed by atoms with Crippen LogP contribution in [0.3, 0.4) is 0 Å². The number of aromatic nitrogens is 2. The molecule has 0 saturated carbocycles. The number of nitrogens with zero attached hydrogens (tertiary/aromatic N) is 2. The molecule has 9 heteroatoms. The summed E-state index contributed by atoms with van der Waals surface area (Å²) < 4.78 is 14.9. The molecular weight excluding hydrogens is 1170 g/mol. The van der Waals surface area contributed by atoms with Crippen molar-refractivity contribution in [1.82, 2.24) is 9.97 Å². The lowest BCUT2D eigenvalue weighted by Gasteiger charge is -2.28. The second-order valence-electron chi connectivity index (χ2n) is 34.5. The fraction of sp³-hybridized carbons (Fsp3) is 0.412. The molecule has 7 aromatic carbocycles. The number of aromatic hydroxyl groups is 4. The molecule has 94 heavy (non-hydrogen) atoms. The standard InChI is InChI=1S/C85H100N2O6Si/c1-80(2,3)63-35-51-29-52-36-64(81(4,5)6)38-54(75(52)89)31-56-40-66(83(10,11)12)42-58(77(56)91)33-60-44-68(85(16,17)18)46-62-34-61-45-67(84(13,14)15)43-59(32-57-41-65(82(7,8)9)39-55(76(57)90)30-53(37-63)74(51)88)78(61)92-47-69-23-22-50-28-49(26-27-94(19,20)21)71-25-24-70(48-93-79(60)62)87-73(71)72(50)86-69/h22-25,28,35-46,88-91H,29-34,47-48H2,1-21H3. The van der Waals surface area contributed by atoms with Crippen molar-refractivity contribution in [2.24, 2.45) is 0 Å². The molecule has 0 radical (unpaired) electrons. The maximum atomic E-state index is 13.1. The van der Waals surface area contributed by atoms with Crippen molar-refractivity contribution in [3.05, 3.63) is 220 Å². The summed E-state index contributed by atoms with van der Waals surface area (Å²) in [6, 6.07) is 36.5. The Balaban J connectivity index is 1.25. The van der Waals surface area contributed by atoms with E-state index < -0.39 is 8.07 Å². The van der Waals surface area contributed by atoms with Gasteiger partial charge in [-0.1, -0.05) is 229 Å². The summed E-state index contributed by atoms with van der Waals surface area (Å²) >= 11 is 0. The van der Waals surface area contributed by atoms with Gasteiger partial charge in [0.15, 0.2) is 0 Å². The van der Waals surface area contributed by atoms with E-state index in [0.717, 1.165) is 106 Å². The average Bonchev–Trinajstić information content (AvgIpc) is 0.928. The molecule has 2 aromatic heterocycles. The summed E-state index contributed by atoms with van der Waals surface area (Å²) in [6.07, 6.45) is 1.78. The molecule has 0 spiro atoms. The number of phenols is 4. The quantitative estimate of drug-likeness (QED) is 0.0672. The Morgan fingerprint density at radius 1 is 0.340 bits per heavy atom. The monoisotopic (exact) mass is 1270 g/mol. The Labute approximate surface area is 561 Å². The first-order chi connectivity index (χ1) is 43.5. The highest BCUT2D eigenvalue weighted by atomic mass is 28.3. The third kappa shape index (κ3) is 14.2. The first-order valence-corrected chi connectivity index (χ1v) is 37.3. The SMILES string of the molecule is CC(C)(C)c1cc2c(O)c(c1)Cc1cc(C(C)(C)C)cc(c1O)Cc1cc(C(C)(C)C)cc3c1OCc1ccc4cc(C#C[Si](C)(C)C)c5ccc(nc5c4n1)COc1c(cc(C(C)(C)C)cc1C3)Cc1cc(C(C)(C)C)cc(c1O)Cc1cc(C(C)(C)C)cc(c1O)C2. The Morgan fingerprint density at radius 2 is 0.596 bits per heavy atom. The molecule has 18 bridgehead atoms. The second-order valence-corrected chi connectivity index (χ2v) is 39.2. The van der Waals surface area contributed by atoms with E-state index in [1.54, 1.807) is 0 Å². The summed E-state index contributed by atoms with van der Waals surface area (Å²) in [5.74, 6) is 5.58. The number of phenolic OH excluding ortho intramolecular Hbond substituents is 4. The van der Waals surface area contributed by atoms with E-state index in [4.69, 9.17) is 19.4 Å². The smallest absolute Gasteiger partial charge is 0.130 e. The zero-order valence-electron chi connectivity index (χ0n) is 60.0. The van der Waals surface area contributed by atoms with E-state index >= 15 is 0 Å². The molecule has 0 amide bonds. The fourth-order valence-corrected chi connectivity index (χ4v) is 13.6. The third-order valence-electron chi connectivity index (χ3n) is 19.1. The van der Waals surface area contributed by atoms with Gasteiger partial charge in [0, 0.05) is 54.9 Å². The van der Waals surface area contributed by atoms with Crippen molar-refractivity contribution in [2.75, 3.05) is 0 Å². The molecule has 0 atom stereocenters. The molecule has 0 fully saturated rings. The largest absolute Gasteiger partial charge is 0.507 e. The van der Waals surface area contributed by atoms with Crippen LogP contribution in [0.25, 0.3) is 21.8 Å². The number of ether oxygens (including phenoxy) is 2. The van der Waals surface area contributed by atoms with Crippen LogP contribution in [-0.2, 0) is 84.2 Å². The molecule has 9 aromatic rings. The Kier molecular flexibility index (Phi) is 17.2. The van der Waals surface area contributed by atoms with E-state index in [1.165, 1.54) is 0 Å². The van der Waals surface area contributed by atoms with Gasteiger partial charge >= 0.3 is 0 Å². The summed E-state index contributed by atoms with van der Waals surface area (Å²) in [5.41, 5.74) is 21.3. The zero-order chi connectivity index (χ0) is 68.3. The lowest BCUT2D eigenvalue weighted by molar-refractivity contribution is 0.292. The van der Waals surface area contributed by atoms with Crippen LogP contribution in [0.2, 0.25) is 19.6 Å². The van der Waals surface area contributed by atoms with Gasteiger partial charge in [-0.3, -0.25) is 0 Å². The molecule has 2 aliphatic rings. The average molecular weight is 1270 g/mol. The summed E-state index contributed by atoms with van der Waals surface area (Å²) in [4.78, 5) is 10.9. The number of fused-ring (bicyclic) bond motifs is 10. The van der Waals surface area contributed by atoms with Crippen molar-refractivity contribution in [3.63, 3.8) is 0 Å². The third-order valence-corrected chi connectivity index (χ3v) is 20.0. The molecular formula is C85H100N2O6Si. The highest BCUT2D eigenvalue weighted by molar-refractivity contribution is 6.83.